The van der Waals surface area contributed by atoms with Crippen molar-refractivity contribution in [3.05, 3.63) is 0 Å². The summed E-state index contributed by atoms with van der Waals surface area (Å²) in [5, 5.41) is 3.48. The lowest BCUT2D eigenvalue weighted by molar-refractivity contribution is 0.0969. The first-order valence-electron chi connectivity index (χ1n) is 6.89. The molecule has 2 saturated heterocycles. The molecule has 16 heavy (non-hydrogen) atoms. The van der Waals surface area contributed by atoms with Gasteiger partial charge >= 0.3 is 0 Å². The van der Waals surface area contributed by atoms with Gasteiger partial charge in [-0.3, -0.25) is 0 Å². The molecule has 2 aliphatic rings. The van der Waals surface area contributed by atoms with Gasteiger partial charge in [-0.05, 0) is 58.7 Å². The molecule has 94 valence electrons. The number of piperidine rings is 1. The maximum absolute atomic E-state index is 5.65. The zero-order valence-corrected chi connectivity index (χ0v) is 10.6. The molecule has 2 heterocycles. The van der Waals surface area contributed by atoms with Gasteiger partial charge < -0.3 is 15.0 Å². The molecule has 0 amide bonds. The number of nitrogens with one attached hydrogen (secondary N) is 1. The Bertz CT molecular complexity index is 186. The molecule has 3 heteroatoms. The van der Waals surface area contributed by atoms with Gasteiger partial charge in [-0.2, -0.15) is 0 Å². The van der Waals surface area contributed by atoms with Crippen LogP contribution in [0.15, 0.2) is 0 Å². The van der Waals surface area contributed by atoms with Crippen LogP contribution in [0.3, 0.4) is 0 Å². The van der Waals surface area contributed by atoms with Crippen LogP contribution in [-0.2, 0) is 4.74 Å². The first-order valence-corrected chi connectivity index (χ1v) is 6.89. The molecule has 0 radical (unpaired) electrons. The summed E-state index contributed by atoms with van der Waals surface area (Å²) in [6.45, 7) is 4.61. The highest BCUT2D eigenvalue weighted by molar-refractivity contribution is 4.76. The van der Waals surface area contributed by atoms with Crippen molar-refractivity contribution in [2.45, 2.75) is 50.7 Å². The minimum Gasteiger partial charge on any atom is -0.378 e. The molecule has 0 aliphatic carbocycles. The normalized spacial score (nSPS) is 31.1. The maximum Gasteiger partial charge on any atom is 0.0576 e. The third-order valence-electron chi connectivity index (χ3n) is 3.96. The molecule has 2 aliphatic heterocycles. The maximum atomic E-state index is 5.65. The van der Waals surface area contributed by atoms with Gasteiger partial charge in [0.1, 0.15) is 0 Å². The van der Waals surface area contributed by atoms with Gasteiger partial charge in [0, 0.05) is 19.2 Å². The average molecular weight is 226 g/mol. The Kier molecular flexibility index (Phi) is 5.07. The number of ether oxygens (including phenoxy) is 1. The molecule has 2 rings (SSSR count). The van der Waals surface area contributed by atoms with E-state index < -0.39 is 0 Å². The van der Waals surface area contributed by atoms with E-state index in [4.69, 9.17) is 4.74 Å². The molecule has 2 fully saturated rings. The minimum atomic E-state index is 0.567. The van der Waals surface area contributed by atoms with Crippen LogP contribution in [0.25, 0.3) is 0 Å². The third-order valence-corrected chi connectivity index (χ3v) is 3.96. The lowest BCUT2D eigenvalue weighted by atomic mass is 10.1. The van der Waals surface area contributed by atoms with Crippen molar-refractivity contribution in [1.29, 1.82) is 0 Å². The zero-order chi connectivity index (χ0) is 11.2. The second-order valence-corrected chi connectivity index (χ2v) is 5.26. The summed E-state index contributed by atoms with van der Waals surface area (Å²) >= 11 is 0. The van der Waals surface area contributed by atoms with Crippen LogP contribution >= 0.6 is 0 Å². The smallest absolute Gasteiger partial charge is 0.0576 e. The Labute approximate surface area is 99.5 Å². The number of rotatable bonds is 5. The summed E-state index contributed by atoms with van der Waals surface area (Å²) in [4.78, 5) is 2.53. The van der Waals surface area contributed by atoms with E-state index >= 15 is 0 Å². The van der Waals surface area contributed by atoms with E-state index in [0.29, 0.717) is 6.10 Å². The highest BCUT2D eigenvalue weighted by atomic mass is 16.5. The molecule has 2 atom stereocenters. The van der Waals surface area contributed by atoms with Crippen molar-refractivity contribution in [3.63, 3.8) is 0 Å². The van der Waals surface area contributed by atoms with Crippen LogP contribution < -0.4 is 5.32 Å². The number of likely N-dealkylation sites (N-methyl/N-ethyl adjacent to an activating group) is 1. The molecular weight excluding hydrogens is 200 g/mol. The van der Waals surface area contributed by atoms with E-state index in [1.54, 1.807) is 0 Å². The van der Waals surface area contributed by atoms with E-state index in [1.165, 1.54) is 58.2 Å². The lowest BCUT2D eigenvalue weighted by Crippen LogP contribution is -2.44. The van der Waals surface area contributed by atoms with Crippen LogP contribution in [0, 0.1) is 0 Å². The van der Waals surface area contributed by atoms with Crippen LogP contribution in [0.1, 0.15) is 38.5 Å². The SMILES string of the molecule is CN(CCCC1CCCO1)C1CCCNC1. The molecular formula is C13H26N2O. The molecule has 2 unspecified atom stereocenters. The van der Waals surface area contributed by atoms with Crippen LogP contribution in [0.2, 0.25) is 0 Å². The fourth-order valence-electron chi connectivity index (χ4n) is 2.83. The number of nitrogens with zero attached hydrogens (tertiary/aromatic N) is 1. The number of hydrogen-bond acceptors (Lipinski definition) is 3. The fourth-order valence-corrected chi connectivity index (χ4v) is 2.83. The average Bonchev–Trinajstić information content (AvgIpc) is 2.83. The minimum absolute atomic E-state index is 0.567. The summed E-state index contributed by atoms with van der Waals surface area (Å²) in [5.74, 6) is 0. The van der Waals surface area contributed by atoms with Crippen molar-refractivity contribution in [3.8, 4) is 0 Å². The van der Waals surface area contributed by atoms with E-state index in [0.717, 1.165) is 12.6 Å². The van der Waals surface area contributed by atoms with Crippen molar-refractivity contribution in [1.82, 2.24) is 10.2 Å². The van der Waals surface area contributed by atoms with Crippen LogP contribution in [0.4, 0.5) is 0 Å². The summed E-state index contributed by atoms with van der Waals surface area (Å²) in [7, 11) is 2.27. The Hall–Kier alpha value is -0.120. The van der Waals surface area contributed by atoms with Gasteiger partial charge in [0.2, 0.25) is 0 Å². The zero-order valence-electron chi connectivity index (χ0n) is 10.6. The van der Waals surface area contributed by atoms with E-state index in [-0.39, 0.29) is 0 Å². The van der Waals surface area contributed by atoms with E-state index in [2.05, 4.69) is 17.3 Å². The molecule has 0 spiro atoms. The Balaban J connectivity index is 1.57. The fraction of sp³-hybridized carbons (Fsp3) is 1.00. The quantitative estimate of drug-likeness (QED) is 0.771. The van der Waals surface area contributed by atoms with Crippen molar-refractivity contribution in [2.75, 3.05) is 33.3 Å². The van der Waals surface area contributed by atoms with Gasteiger partial charge in [0.25, 0.3) is 0 Å². The van der Waals surface area contributed by atoms with Crippen molar-refractivity contribution < 1.29 is 4.74 Å². The number of hydrogen-bond donors (Lipinski definition) is 1. The first-order chi connectivity index (χ1) is 7.86. The predicted octanol–water partition coefficient (Wildman–Crippen LogP) is 1.63. The Morgan fingerprint density at radius 2 is 2.25 bits per heavy atom. The van der Waals surface area contributed by atoms with Gasteiger partial charge in [-0.1, -0.05) is 0 Å². The highest BCUT2D eigenvalue weighted by Gasteiger charge is 2.19. The Morgan fingerprint density at radius 3 is 2.94 bits per heavy atom. The second kappa shape index (κ2) is 6.58. The van der Waals surface area contributed by atoms with E-state index in [1.807, 2.05) is 0 Å². The summed E-state index contributed by atoms with van der Waals surface area (Å²) in [5.41, 5.74) is 0. The highest BCUT2D eigenvalue weighted by Crippen LogP contribution is 2.17. The van der Waals surface area contributed by atoms with Crippen molar-refractivity contribution in [2.24, 2.45) is 0 Å². The topological polar surface area (TPSA) is 24.5 Å². The van der Waals surface area contributed by atoms with Crippen LogP contribution in [0.5, 0.6) is 0 Å². The molecule has 0 saturated carbocycles. The van der Waals surface area contributed by atoms with Gasteiger partial charge in [-0.15, -0.1) is 0 Å². The molecule has 1 N–H and O–H groups in total. The summed E-state index contributed by atoms with van der Waals surface area (Å²) in [6, 6.07) is 0.762. The summed E-state index contributed by atoms with van der Waals surface area (Å²) < 4.78 is 5.65. The second-order valence-electron chi connectivity index (χ2n) is 5.26. The lowest BCUT2D eigenvalue weighted by Gasteiger charge is -2.31. The van der Waals surface area contributed by atoms with Gasteiger partial charge in [-0.25, -0.2) is 0 Å². The molecule has 0 aromatic rings. The summed E-state index contributed by atoms with van der Waals surface area (Å²) in [6.07, 6.45) is 8.37. The predicted molar refractivity (Wildman–Crippen MR) is 66.7 cm³/mol. The third kappa shape index (κ3) is 3.72. The monoisotopic (exact) mass is 226 g/mol. The standard InChI is InChI=1S/C13H26N2O/c1-15(12-5-2-8-14-11-12)9-3-6-13-7-4-10-16-13/h12-14H,2-11H2,1H3. The first kappa shape index (κ1) is 12.3. The Morgan fingerprint density at radius 1 is 1.31 bits per heavy atom. The molecule has 0 aromatic carbocycles. The largest absolute Gasteiger partial charge is 0.378 e. The van der Waals surface area contributed by atoms with Gasteiger partial charge in [0.05, 0.1) is 6.10 Å². The van der Waals surface area contributed by atoms with Crippen LogP contribution in [-0.4, -0.2) is 50.3 Å². The molecule has 3 nitrogen and oxygen atoms in total. The molecule has 0 bridgehead atoms. The van der Waals surface area contributed by atoms with E-state index in [9.17, 15) is 0 Å². The molecule has 0 aromatic heterocycles. The van der Waals surface area contributed by atoms with Gasteiger partial charge in [0.15, 0.2) is 0 Å². The van der Waals surface area contributed by atoms with Crippen molar-refractivity contribution >= 4 is 0 Å².